The number of hydrogen-bond donors (Lipinski definition) is 1. The van der Waals surface area contributed by atoms with Gasteiger partial charge in [0.05, 0.1) is 11.7 Å². The monoisotopic (exact) mass is 374 g/mol. The van der Waals surface area contributed by atoms with Crippen LogP contribution in [-0.2, 0) is 0 Å². The first-order valence-electron chi connectivity index (χ1n) is 9.33. The smallest absolute Gasteiger partial charge is 0.325 e. The van der Waals surface area contributed by atoms with Gasteiger partial charge in [-0.1, -0.05) is 30.3 Å². The predicted molar refractivity (Wildman–Crippen MR) is 104 cm³/mol. The fourth-order valence-corrected chi connectivity index (χ4v) is 4.59. The molecule has 0 radical (unpaired) electrons. The normalized spacial score (nSPS) is 24.5. The highest BCUT2D eigenvalue weighted by Gasteiger charge is 2.50. The molecular weight excluding hydrogens is 356 g/mol. The van der Waals surface area contributed by atoms with Crippen LogP contribution in [0.3, 0.4) is 0 Å². The van der Waals surface area contributed by atoms with Crippen molar-refractivity contribution in [2.24, 2.45) is 0 Å². The third kappa shape index (κ3) is 2.05. The summed E-state index contributed by atoms with van der Waals surface area (Å²) in [6.45, 7) is 2.16. The molecule has 3 heterocycles. The zero-order chi connectivity index (χ0) is 18.9. The standard InChI is InChI=1S/C22H18N2O4/c1-22-11-16(20-15-5-3-2-4-13(15)6-8-18(20)28-22)23-21(25)24(22)14-7-9-17-19(10-14)27-12-26-17/h2-10,16H,11-12H2,1H3,(H,23,25)/t16-,22-/m1/s1. The van der Waals surface area contributed by atoms with E-state index in [1.807, 2.05) is 43.3 Å². The maximum Gasteiger partial charge on any atom is 0.325 e. The van der Waals surface area contributed by atoms with Gasteiger partial charge < -0.3 is 19.5 Å². The third-order valence-electron chi connectivity index (χ3n) is 5.78. The molecule has 1 fully saturated rings. The van der Waals surface area contributed by atoms with Crippen LogP contribution in [0, 0.1) is 0 Å². The molecule has 2 amide bonds. The lowest BCUT2D eigenvalue weighted by Gasteiger charge is -2.50. The molecule has 3 aliphatic rings. The van der Waals surface area contributed by atoms with Gasteiger partial charge in [0, 0.05) is 18.1 Å². The van der Waals surface area contributed by atoms with Gasteiger partial charge in [-0.15, -0.1) is 0 Å². The maximum atomic E-state index is 13.1. The number of nitrogens with zero attached hydrogens (tertiary/aromatic N) is 1. The topological polar surface area (TPSA) is 60.0 Å². The van der Waals surface area contributed by atoms with Crippen molar-refractivity contribution in [3.8, 4) is 17.2 Å². The quantitative estimate of drug-likeness (QED) is 0.688. The van der Waals surface area contributed by atoms with E-state index in [-0.39, 0.29) is 18.9 Å². The molecule has 1 saturated heterocycles. The maximum absolute atomic E-state index is 13.1. The molecular formula is C22H18N2O4. The molecule has 3 aromatic rings. The Morgan fingerprint density at radius 2 is 1.86 bits per heavy atom. The number of amides is 2. The molecule has 0 unspecified atom stereocenters. The van der Waals surface area contributed by atoms with Crippen LogP contribution >= 0.6 is 0 Å². The van der Waals surface area contributed by atoms with Gasteiger partial charge in [0.25, 0.3) is 0 Å². The number of benzene rings is 3. The first-order chi connectivity index (χ1) is 13.6. The number of carbonyl (C=O) groups is 1. The predicted octanol–water partition coefficient (Wildman–Crippen LogP) is 4.34. The highest BCUT2D eigenvalue weighted by Crippen LogP contribution is 2.48. The molecule has 6 heteroatoms. The number of anilines is 1. The first-order valence-corrected chi connectivity index (χ1v) is 9.33. The SMILES string of the molecule is C[C@@]12C[C@@H](NC(=O)N1c1ccc3c(c1)OCO3)c1c(ccc3ccccc13)O2. The molecule has 28 heavy (non-hydrogen) atoms. The van der Waals surface area contributed by atoms with Crippen molar-refractivity contribution in [1.29, 1.82) is 0 Å². The number of nitrogens with one attached hydrogen (secondary N) is 1. The summed E-state index contributed by atoms with van der Waals surface area (Å²) in [6, 6.07) is 17.5. The van der Waals surface area contributed by atoms with Gasteiger partial charge in [0.15, 0.2) is 17.2 Å². The molecule has 0 aliphatic carbocycles. The molecule has 2 atom stereocenters. The number of urea groups is 1. The summed E-state index contributed by atoms with van der Waals surface area (Å²) in [4.78, 5) is 14.8. The third-order valence-corrected chi connectivity index (χ3v) is 5.78. The summed E-state index contributed by atoms with van der Waals surface area (Å²) in [5.41, 5.74) is 0.970. The van der Waals surface area contributed by atoms with Crippen LogP contribution in [0.15, 0.2) is 54.6 Å². The molecule has 140 valence electrons. The van der Waals surface area contributed by atoms with E-state index in [0.29, 0.717) is 23.6 Å². The highest BCUT2D eigenvalue weighted by molar-refractivity contribution is 5.97. The first kappa shape index (κ1) is 15.6. The summed E-state index contributed by atoms with van der Waals surface area (Å²) in [6.07, 6.45) is 0.647. The van der Waals surface area contributed by atoms with Gasteiger partial charge in [-0.3, -0.25) is 4.90 Å². The summed E-state index contributed by atoms with van der Waals surface area (Å²) in [5, 5.41) is 5.43. The van der Waals surface area contributed by atoms with Crippen molar-refractivity contribution in [3.05, 3.63) is 60.2 Å². The van der Waals surface area contributed by atoms with Gasteiger partial charge in [-0.05, 0) is 35.9 Å². The Hall–Kier alpha value is -3.41. The lowest BCUT2D eigenvalue weighted by atomic mass is 9.87. The van der Waals surface area contributed by atoms with E-state index < -0.39 is 5.72 Å². The number of fused-ring (bicyclic) bond motifs is 7. The van der Waals surface area contributed by atoms with E-state index in [9.17, 15) is 4.79 Å². The van der Waals surface area contributed by atoms with Crippen LogP contribution in [0.2, 0.25) is 0 Å². The summed E-state index contributed by atoms with van der Waals surface area (Å²) >= 11 is 0. The van der Waals surface area contributed by atoms with E-state index in [1.54, 1.807) is 4.90 Å². The zero-order valence-electron chi connectivity index (χ0n) is 15.3. The summed E-state index contributed by atoms with van der Waals surface area (Å²) in [7, 11) is 0. The second-order valence-electron chi connectivity index (χ2n) is 7.55. The lowest BCUT2D eigenvalue weighted by Crippen LogP contribution is -2.65. The van der Waals surface area contributed by atoms with Crippen molar-refractivity contribution in [1.82, 2.24) is 5.32 Å². The molecule has 2 bridgehead atoms. The fourth-order valence-electron chi connectivity index (χ4n) is 4.59. The van der Waals surface area contributed by atoms with Gasteiger partial charge in [-0.25, -0.2) is 4.79 Å². The van der Waals surface area contributed by atoms with Gasteiger partial charge in [0.1, 0.15) is 5.75 Å². The Labute approximate surface area is 161 Å². The molecule has 0 saturated carbocycles. The minimum Gasteiger partial charge on any atom is -0.467 e. The van der Waals surface area contributed by atoms with Crippen LogP contribution in [0.25, 0.3) is 10.8 Å². The van der Waals surface area contributed by atoms with E-state index in [1.165, 1.54) is 0 Å². The van der Waals surface area contributed by atoms with E-state index >= 15 is 0 Å². The molecule has 1 N–H and O–H groups in total. The lowest BCUT2D eigenvalue weighted by molar-refractivity contribution is 0.0385. The number of rotatable bonds is 1. The van der Waals surface area contributed by atoms with Crippen LogP contribution in [0.1, 0.15) is 24.9 Å². The van der Waals surface area contributed by atoms with E-state index in [0.717, 1.165) is 22.1 Å². The highest BCUT2D eigenvalue weighted by atomic mass is 16.7. The van der Waals surface area contributed by atoms with Gasteiger partial charge in [-0.2, -0.15) is 0 Å². The zero-order valence-corrected chi connectivity index (χ0v) is 15.3. The Balaban J connectivity index is 1.48. The van der Waals surface area contributed by atoms with Crippen molar-refractivity contribution in [2.75, 3.05) is 11.7 Å². The van der Waals surface area contributed by atoms with E-state index in [4.69, 9.17) is 14.2 Å². The van der Waals surface area contributed by atoms with E-state index in [2.05, 4.69) is 23.5 Å². The second-order valence-corrected chi connectivity index (χ2v) is 7.55. The summed E-state index contributed by atoms with van der Waals surface area (Å²) < 4.78 is 17.3. The average molecular weight is 374 g/mol. The Morgan fingerprint density at radius 3 is 2.79 bits per heavy atom. The molecule has 3 aromatic carbocycles. The van der Waals surface area contributed by atoms with Crippen LogP contribution in [0.4, 0.5) is 10.5 Å². The van der Waals surface area contributed by atoms with Crippen molar-refractivity contribution in [3.63, 3.8) is 0 Å². The fraction of sp³-hybridized carbons (Fsp3) is 0.227. The van der Waals surface area contributed by atoms with Crippen molar-refractivity contribution in [2.45, 2.75) is 25.1 Å². The minimum absolute atomic E-state index is 0.0994. The minimum atomic E-state index is -0.795. The Bertz CT molecular complexity index is 1140. The van der Waals surface area contributed by atoms with Gasteiger partial charge >= 0.3 is 6.03 Å². The Kier molecular flexibility index (Phi) is 2.97. The Morgan fingerprint density at radius 1 is 1.04 bits per heavy atom. The molecule has 6 nitrogen and oxygen atoms in total. The van der Waals surface area contributed by atoms with Crippen LogP contribution < -0.4 is 24.4 Å². The number of ether oxygens (including phenoxy) is 3. The second kappa shape index (κ2) is 5.32. The number of hydrogen-bond acceptors (Lipinski definition) is 4. The van der Waals surface area contributed by atoms with Crippen LogP contribution in [-0.4, -0.2) is 18.5 Å². The van der Waals surface area contributed by atoms with Crippen molar-refractivity contribution < 1.29 is 19.0 Å². The largest absolute Gasteiger partial charge is 0.467 e. The molecule has 6 rings (SSSR count). The van der Waals surface area contributed by atoms with Crippen molar-refractivity contribution >= 4 is 22.5 Å². The molecule has 3 aliphatic heterocycles. The van der Waals surface area contributed by atoms with Gasteiger partial charge in [0.2, 0.25) is 6.79 Å². The molecule has 0 spiro atoms. The summed E-state index contributed by atoms with van der Waals surface area (Å²) in [5.74, 6) is 2.13. The average Bonchev–Trinajstić information content (AvgIpc) is 3.14. The van der Waals surface area contributed by atoms with Crippen LogP contribution in [0.5, 0.6) is 17.2 Å². The number of carbonyl (C=O) groups excluding carboxylic acids is 1. The molecule has 0 aromatic heterocycles.